The Bertz CT molecular complexity index is 538. The molecule has 1 fully saturated rings. The zero-order valence-corrected chi connectivity index (χ0v) is 9.61. The van der Waals surface area contributed by atoms with Crippen molar-refractivity contribution >= 4 is 0 Å². The van der Waals surface area contributed by atoms with Gasteiger partial charge in [0.2, 0.25) is 11.7 Å². The molecule has 1 aliphatic heterocycles. The molecule has 0 amide bonds. The summed E-state index contributed by atoms with van der Waals surface area (Å²) in [5.41, 5.74) is 6.68. The molecule has 1 aromatic heterocycles. The molecule has 0 aliphatic carbocycles. The molecule has 2 heterocycles. The molecule has 3 N–H and O–H groups in total. The number of hydrogen-bond donors (Lipinski definition) is 2. The van der Waals surface area contributed by atoms with Crippen LogP contribution in [0.1, 0.15) is 11.8 Å². The number of phenolic OH excluding ortho intramolecular Hbond substituents is 1. The van der Waals surface area contributed by atoms with Crippen molar-refractivity contribution in [2.45, 2.75) is 12.0 Å². The molecule has 0 bridgehead atoms. The fourth-order valence-corrected chi connectivity index (χ4v) is 1.94. The molecular weight excluding hydrogens is 234 g/mol. The van der Waals surface area contributed by atoms with E-state index in [-0.39, 0.29) is 17.7 Å². The summed E-state index contributed by atoms with van der Waals surface area (Å²) in [6, 6.07) is 6.52. The molecule has 0 radical (unpaired) electrons. The Kier molecular flexibility index (Phi) is 2.73. The van der Waals surface area contributed by atoms with Gasteiger partial charge in [0.25, 0.3) is 0 Å². The molecule has 6 nitrogen and oxygen atoms in total. The summed E-state index contributed by atoms with van der Waals surface area (Å²) in [6.45, 7) is 1.03. The zero-order chi connectivity index (χ0) is 12.5. The summed E-state index contributed by atoms with van der Waals surface area (Å²) in [6.07, 6.45) is 0. The number of hydrogen-bond acceptors (Lipinski definition) is 6. The average molecular weight is 247 g/mol. The first-order valence-corrected chi connectivity index (χ1v) is 5.70. The first-order valence-electron chi connectivity index (χ1n) is 5.70. The predicted octanol–water partition coefficient (Wildman–Crippen LogP) is 0.883. The van der Waals surface area contributed by atoms with E-state index in [1.165, 1.54) is 0 Å². The Labute approximate surface area is 103 Å². The van der Waals surface area contributed by atoms with Crippen LogP contribution in [0.2, 0.25) is 0 Å². The van der Waals surface area contributed by atoms with Gasteiger partial charge in [0.1, 0.15) is 5.75 Å². The largest absolute Gasteiger partial charge is 0.508 e. The van der Waals surface area contributed by atoms with Gasteiger partial charge >= 0.3 is 0 Å². The summed E-state index contributed by atoms with van der Waals surface area (Å²) < 4.78 is 10.5. The van der Waals surface area contributed by atoms with E-state index in [4.69, 9.17) is 15.0 Å². The number of ether oxygens (including phenoxy) is 1. The number of aromatic nitrogens is 2. The van der Waals surface area contributed by atoms with Crippen LogP contribution in [-0.2, 0) is 4.74 Å². The normalized spacial score (nSPS) is 23.4. The maximum absolute atomic E-state index is 9.22. The summed E-state index contributed by atoms with van der Waals surface area (Å²) >= 11 is 0. The maximum atomic E-state index is 9.22. The Balaban J connectivity index is 1.87. The fraction of sp³-hybridized carbons (Fsp3) is 0.333. The molecule has 18 heavy (non-hydrogen) atoms. The van der Waals surface area contributed by atoms with Gasteiger partial charge in [-0.1, -0.05) is 5.16 Å². The van der Waals surface area contributed by atoms with Crippen molar-refractivity contribution in [2.75, 3.05) is 13.2 Å². The third-order valence-electron chi connectivity index (χ3n) is 3.01. The van der Waals surface area contributed by atoms with Gasteiger partial charge in [0.15, 0.2) is 0 Å². The van der Waals surface area contributed by atoms with E-state index >= 15 is 0 Å². The second-order valence-electron chi connectivity index (χ2n) is 4.31. The Hall–Kier alpha value is -1.92. The van der Waals surface area contributed by atoms with Gasteiger partial charge in [-0.25, -0.2) is 0 Å². The number of nitrogens with two attached hydrogens (primary N) is 1. The molecule has 2 unspecified atom stereocenters. The van der Waals surface area contributed by atoms with Crippen LogP contribution in [0, 0.1) is 0 Å². The second-order valence-corrected chi connectivity index (χ2v) is 4.31. The van der Waals surface area contributed by atoms with E-state index in [1.54, 1.807) is 24.3 Å². The lowest BCUT2D eigenvalue weighted by molar-refractivity contribution is 0.187. The molecule has 3 rings (SSSR count). The first kappa shape index (κ1) is 11.2. The monoisotopic (exact) mass is 247 g/mol. The van der Waals surface area contributed by atoms with Crippen LogP contribution in [0.15, 0.2) is 28.8 Å². The minimum atomic E-state index is -0.0990. The minimum Gasteiger partial charge on any atom is -0.508 e. The van der Waals surface area contributed by atoms with Crippen molar-refractivity contribution in [3.05, 3.63) is 30.2 Å². The lowest BCUT2D eigenvalue weighted by Crippen LogP contribution is -2.26. The molecule has 2 atom stereocenters. The smallest absolute Gasteiger partial charge is 0.234 e. The quantitative estimate of drug-likeness (QED) is 0.818. The van der Waals surface area contributed by atoms with Crippen molar-refractivity contribution in [3.63, 3.8) is 0 Å². The Morgan fingerprint density at radius 2 is 2.00 bits per heavy atom. The van der Waals surface area contributed by atoms with Crippen molar-refractivity contribution in [3.8, 4) is 17.1 Å². The second kappa shape index (κ2) is 4.40. The summed E-state index contributed by atoms with van der Waals surface area (Å²) in [5.74, 6) is 1.16. The van der Waals surface area contributed by atoms with E-state index < -0.39 is 0 Å². The zero-order valence-electron chi connectivity index (χ0n) is 9.61. The van der Waals surface area contributed by atoms with Crippen molar-refractivity contribution in [2.24, 2.45) is 5.73 Å². The van der Waals surface area contributed by atoms with Crippen LogP contribution in [0.4, 0.5) is 0 Å². The van der Waals surface area contributed by atoms with Crippen molar-refractivity contribution in [1.82, 2.24) is 10.1 Å². The number of rotatable bonds is 2. The summed E-state index contributed by atoms with van der Waals surface area (Å²) in [5, 5.41) is 13.1. The molecule has 2 aromatic rings. The van der Waals surface area contributed by atoms with Crippen LogP contribution >= 0.6 is 0 Å². The highest BCUT2D eigenvalue weighted by atomic mass is 16.5. The van der Waals surface area contributed by atoms with Crippen LogP contribution < -0.4 is 5.73 Å². The molecule has 0 spiro atoms. The van der Waals surface area contributed by atoms with E-state index in [9.17, 15) is 5.11 Å². The standard InChI is InChI=1S/C12H13N3O3/c13-10-6-17-5-9(10)12-14-11(15-18-12)7-1-3-8(16)4-2-7/h1-4,9-10,16H,5-6,13H2. The maximum Gasteiger partial charge on any atom is 0.234 e. The third kappa shape index (κ3) is 1.96. The highest BCUT2D eigenvalue weighted by Gasteiger charge is 2.31. The SMILES string of the molecule is NC1COCC1c1nc(-c2ccc(O)cc2)no1. The Morgan fingerprint density at radius 3 is 2.67 bits per heavy atom. The van der Waals surface area contributed by atoms with E-state index in [2.05, 4.69) is 10.1 Å². The van der Waals surface area contributed by atoms with Gasteiger partial charge in [-0.3, -0.25) is 0 Å². The minimum absolute atomic E-state index is 0.0386. The number of phenols is 1. The van der Waals surface area contributed by atoms with Crippen LogP contribution in [0.5, 0.6) is 5.75 Å². The molecule has 1 aliphatic rings. The van der Waals surface area contributed by atoms with Gasteiger partial charge in [0, 0.05) is 11.6 Å². The van der Waals surface area contributed by atoms with Gasteiger partial charge in [-0.2, -0.15) is 4.98 Å². The van der Waals surface area contributed by atoms with Crippen molar-refractivity contribution < 1.29 is 14.4 Å². The third-order valence-corrected chi connectivity index (χ3v) is 3.01. The highest BCUT2D eigenvalue weighted by molar-refractivity contribution is 5.55. The molecule has 0 saturated carbocycles. The molecule has 1 aromatic carbocycles. The van der Waals surface area contributed by atoms with Crippen molar-refractivity contribution in [1.29, 1.82) is 0 Å². The van der Waals surface area contributed by atoms with Crippen LogP contribution in [-0.4, -0.2) is 34.5 Å². The van der Waals surface area contributed by atoms with E-state index in [0.717, 1.165) is 5.56 Å². The lowest BCUT2D eigenvalue weighted by atomic mass is 10.1. The summed E-state index contributed by atoms with van der Waals surface area (Å²) in [7, 11) is 0. The Morgan fingerprint density at radius 1 is 1.22 bits per heavy atom. The topological polar surface area (TPSA) is 94.4 Å². The van der Waals surface area contributed by atoms with Gasteiger partial charge in [0.05, 0.1) is 19.1 Å². The molecule has 1 saturated heterocycles. The number of nitrogens with zero attached hydrogens (tertiary/aromatic N) is 2. The highest BCUT2D eigenvalue weighted by Crippen LogP contribution is 2.26. The van der Waals surface area contributed by atoms with Crippen LogP contribution in [0.3, 0.4) is 0 Å². The lowest BCUT2D eigenvalue weighted by Gasteiger charge is -2.06. The number of aromatic hydroxyl groups is 1. The fourth-order valence-electron chi connectivity index (χ4n) is 1.94. The van der Waals surface area contributed by atoms with E-state index in [0.29, 0.717) is 24.9 Å². The predicted molar refractivity (Wildman–Crippen MR) is 62.9 cm³/mol. The number of benzene rings is 1. The molecule has 94 valence electrons. The van der Waals surface area contributed by atoms with E-state index in [1.807, 2.05) is 0 Å². The molecular formula is C12H13N3O3. The van der Waals surface area contributed by atoms with Gasteiger partial charge in [-0.05, 0) is 24.3 Å². The van der Waals surface area contributed by atoms with Gasteiger partial charge < -0.3 is 20.1 Å². The average Bonchev–Trinajstić information content (AvgIpc) is 2.98. The van der Waals surface area contributed by atoms with Crippen LogP contribution in [0.25, 0.3) is 11.4 Å². The first-order chi connectivity index (χ1) is 8.74. The molecule has 6 heteroatoms. The van der Waals surface area contributed by atoms with Gasteiger partial charge in [-0.15, -0.1) is 0 Å². The summed E-state index contributed by atoms with van der Waals surface area (Å²) in [4.78, 5) is 4.32.